The predicted octanol–water partition coefficient (Wildman–Crippen LogP) is 7.03. The van der Waals surface area contributed by atoms with Gasteiger partial charge in [-0.05, 0) is 39.0 Å². The third kappa shape index (κ3) is 6.75. The highest BCUT2D eigenvalue weighted by Crippen LogP contribution is 2.42. The average Bonchev–Trinajstić information content (AvgIpc) is 2.95. The number of carbonyl (C=O) groups is 2. The Hall–Kier alpha value is -4.21. The molecule has 0 radical (unpaired) electrons. The van der Waals surface area contributed by atoms with Crippen molar-refractivity contribution >= 4 is 35.6 Å². The number of pyridine rings is 1. The van der Waals surface area contributed by atoms with Gasteiger partial charge >= 0.3 is 6.09 Å². The van der Waals surface area contributed by atoms with E-state index in [1.165, 1.54) is 14.2 Å². The second-order valence-electron chi connectivity index (χ2n) is 9.83. The molecule has 0 saturated carbocycles. The van der Waals surface area contributed by atoms with Crippen molar-refractivity contribution in [1.82, 2.24) is 20.3 Å². The number of hydrogen-bond acceptors (Lipinski definition) is 8. The van der Waals surface area contributed by atoms with E-state index < -0.39 is 11.7 Å². The fraction of sp³-hybridized carbons (Fsp3) is 0.233. The standard InChI is InChI=1S/C30H28Cl2N4O5/c1-30(2,3)41-29(38)35-15-23-28(40-5)36-22(14-34-23)21-8-6-7-19(25(21)31)20-11-12-33-27(26(20)32)17-9-10-18(16-37)24(13-17)39-4/h6-14,16H,15H2,1-5H3,(H,35,38). The molecule has 0 aliphatic rings. The van der Waals surface area contributed by atoms with Crippen LogP contribution in [0.25, 0.3) is 33.6 Å². The van der Waals surface area contributed by atoms with Crippen molar-refractivity contribution in [2.24, 2.45) is 0 Å². The molecule has 0 saturated heterocycles. The van der Waals surface area contributed by atoms with Gasteiger partial charge in [-0.25, -0.2) is 9.78 Å². The lowest BCUT2D eigenvalue weighted by atomic mass is 9.99. The lowest BCUT2D eigenvalue weighted by molar-refractivity contribution is 0.0522. The number of nitrogens with zero attached hydrogens (tertiary/aromatic N) is 3. The van der Waals surface area contributed by atoms with Gasteiger partial charge in [0, 0.05) is 28.5 Å². The summed E-state index contributed by atoms with van der Waals surface area (Å²) in [4.78, 5) is 36.9. The van der Waals surface area contributed by atoms with E-state index in [0.29, 0.717) is 60.7 Å². The molecule has 41 heavy (non-hydrogen) atoms. The minimum atomic E-state index is -0.627. The Bertz CT molecular complexity index is 1600. The van der Waals surface area contributed by atoms with Gasteiger partial charge in [0.25, 0.3) is 0 Å². The van der Waals surface area contributed by atoms with E-state index in [1.54, 1.807) is 57.4 Å². The summed E-state index contributed by atoms with van der Waals surface area (Å²) in [6.45, 7) is 5.40. The van der Waals surface area contributed by atoms with Crippen LogP contribution in [0.15, 0.2) is 54.9 Å². The van der Waals surface area contributed by atoms with Gasteiger partial charge in [0.2, 0.25) is 5.88 Å². The molecule has 1 N–H and O–H groups in total. The minimum Gasteiger partial charge on any atom is -0.496 e. The maximum atomic E-state index is 12.1. The van der Waals surface area contributed by atoms with Gasteiger partial charge in [0.05, 0.1) is 54.0 Å². The summed E-state index contributed by atoms with van der Waals surface area (Å²) < 4.78 is 16.1. The molecule has 9 nitrogen and oxygen atoms in total. The second kappa shape index (κ2) is 12.5. The first-order valence-corrected chi connectivity index (χ1v) is 13.3. The number of alkyl carbamates (subject to hydrolysis) is 1. The third-order valence-electron chi connectivity index (χ3n) is 5.89. The fourth-order valence-corrected chi connectivity index (χ4v) is 4.68. The molecule has 0 unspecified atom stereocenters. The van der Waals surface area contributed by atoms with Crippen molar-refractivity contribution in [1.29, 1.82) is 0 Å². The monoisotopic (exact) mass is 594 g/mol. The largest absolute Gasteiger partial charge is 0.496 e. The van der Waals surface area contributed by atoms with Crippen molar-refractivity contribution in [3.05, 3.63) is 76.2 Å². The number of nitrogens with one attached hydrogen (secondary N) is 1. The summed E-state index contributed by atoms with van der Waals surface area (Å²) in [6, 6.07) is 12.4. The Morgan fingerprint density at radius 3 is 2.39 bits per heavy atom. The van der Waals surface area contributed by atoms with Crippen LogP contribution in [0.2, 0.25) is 10.0 Å². The van der Waals surface area contributed by atoms with Gasteiger partial charge < -0.3 is 19.5 Å². The number of amides is 1. The summed E-state index contributed by atoms with van der Waals surface area (Å²) in [5, 5.41) is 3.43. The molecule has 212 valence electrons. The van der Waals surface area contributed by atoms with Crippen LogP contribution >= 0.6 is 23.2 Å². The highest BCUT2D eigenvalue weighted by molar-refractivity contribution is 6.39. The number of aldehydes is 1. The fourth-order valence-electron chi connectivity index (χ4n) is 4.03. The molecule has 11 heteroatoms. The number of benzene rings is 2. The Morgan fingerprint density at radius 2 is 1.71 bits per heavy atom. The molecule has 2 aromatic heterocycles. The van der Waals surface area contributed by atoms with Crippen molar-refractivity contribution in [3.8, 4) is 45.3 Å². The van der Waals surface area contributed by atoms with E-state index in [0.717, 1.165) is 6.29 Å². The smallest absolute Gasteiger partial charge is 0.407 e. The number of aromatic nitrogens is 3. The van der Waals surface area contributed by atoms with Gasteiger partial charge in [0.1, 0.15) is 17.0 Å². The minimum absolute atomic E-state index is 0.0627. The van der Waals surface area contributed by atoms with Crippen LogP contribution in [0.4, 0.5) is 4.79 Å². The molecule has 2 aromatic carbocycles. The maximum absolute atomic E-state index is 12.1. The van der Waals surface area contributed by atoms with Gasteiger partial charge in [-0.1, -0.05) is 47.5 Å². The van der Waals surface area contributed by atoms with Gasteiger partial charge in [0.15, 0.2) is 6.29 Å². The molecular formula is C30H28Cl2N4O5. The molecule has 4 rings (SSSR count). The molecule has 0 spiro atoms. The molecule has 0 atom stereocenters. The summed E-state index contributed by atoms with van der Waals surface area (Å²) in [5.41, 5.74) is 3.78. The third-order valence-corrected chi connectivity index (χ3v) is 6.68. The number of methoxy groups -OCH3 is 2. The lowest BCUT2D eigenvalue weighted by Gasteiger charge is -2.19. The zero-order chi connectivity index (χ0) is 29.7. The van der Waals surface area contributed by atoms with E-state index in [1.807, 2.05) is 18.2 Å². The topological polar surface area (TPSA) is 113 Å². The van der Waals surface area contributed by atoms with E-state index in [9.17, 15) is 9.59 Å². The lowest BCUT2D eigenvalue weighted by Crippen LogP contribution is -2.32. The summed E-state index contributed by atoms with van der Waals surface area (Å²) in [5.74, 6) is 0.648. The predicted molar refractivity (Wildman–Crippen MR) is 158 cm³/mol. The van der Waals surface area contributed by atoms with Crippen LogP contribution in [0.5, 0.6) is 11.6 Å². The molecule has 2 heterocycles. The summed E-state index contributed by atoms with van der Waals surface area (Å²) in [6.07, 6.45) is 3.34. The van der Waals surface area contributed by atoms with Crippen LogP contribution in [-0.2, 0) is 11.3 Å². The Kier molecular flexibility index (Phi) is 9.10. The highest BCUT2D eigenvalue weighted by atomic mass is 35.5. The highest BCUT2D eigenvalue weighted by Gasteiger charge is 2.20. The molecule has 1 amide bonds. The van der Waals surface area contributed by atoms with Gasteiger partial charge in [-0.3, -0.25) is 14.8 Å². The van der Waals surface area contributed by atoms with Crippen LogP contribution in [-0.4, -0.2) is 47.2 Å². The number of carbonyl (C=O) groups excluding carboxylic acids is 2. The first-order valence-electron chi connectivity index (χ1n) is 12.5. The molecule has 0 aliphatic heterocycles. The van der Waals surface area contributed by atoms with Crippen molar-refractivity contribution < 1.29 is 23.8 Å². The van der Waals surface area contributed by atoms with Crippen LogP contribution in [0.3, 0.4) is 0 Å². The van der Waals surface area contributed by atoms with Crippen LogP contribution < -0.4 is 14.8 Å². The number of rotatable bonds is 8. The Balaban J connectivity index is 1.68. The van der Waals surface area contributed by atoms with Crippen molar-refractivity contribution in [2.45, 2.75) is 32.9 Å². The quantitative estimate of drug-likeness (QED) is 0.216. The number of halogens is 2. The first kappa shape index (κ1) is 29.8. The SMILES string of the molecule is COc1cc(-c2nccc(-c3cccc(-c4cnc(CNC(=O)OC(C)(C)C)c(OC)n4)c3Cl)c2Cl)ccc1C=O. The molecular weight excluding hydrogens is 567 g/mol. The Morgan fingerprint density at radius 1 is 0.976 bits per heavy atom. The molecule has 4 aromatic rings. The molecule has 0 aliphatic carbocycles. The van der Waals surface area contributed by atoms with Crippen molar-refractivity contribution in [2.75, 3.05) is 14.2 Å². The molecule has 0 fully saturated rings. The van der Waals surface area contributed by atoms with Gasteiger partial charge in [-0.15, -0.1) is 0 Å². The second-order valence-corrected chi connectivity index (χ2v) is 10.6. The van der Waals surface area contributed by atoms with E-state index in [-0.39, 0.29) is 12.4 Å². The zero-order valence-corrected chi connectivity index (χ0v) is 24.6. The van der Waals surface area contributed by atoms with Gasteiger partial charge in [-0.2, -0.15) is 0 Å². The maximum Gasteiger partial charge on any atom is 0.407 e. The summed E-state index contributed by atoms with van der Waals surface area (Å²) >= 11 is 13.8. The Labute approximate surface area is 247 Å². The van der Waals surface area contributed by atoms with Crippen LogP contribution in [0.1, 0.15) is 36.8 Å². The number of hydrogen-bond donors (Lipinski definition) is 1. The van der Waals surface area contributed by atoms with Crippen molar-refractivity contribution in [3.63, 3.8) is 0 Å². The average molecular weight is 595 g/mol. The van der Waals surface area contributed by atoms with E-state index in [4.69, 9.17) is 37.4 Å². The number of ether oxygens (including phenoxy) is 3. The first-order chi connectivity index (χ1) is 19.6. The molecule has 0 bridgehead atoms. The summed E-state index contributed by atoms with van der Waals surface area (Å²) in [7, 11) is 2.96. The van der Waals surface area contributed by atoms with E-state index in [2.05, 4.69) is 20.3 Å². The van der Waals surface area contributed by atoms with Crippen LogP contribution in [0, 0.1) is 0 Å². The normalized spacial score (nSPS) is 11.1. The zero-order valence-electron chi connectivity index (χ0n) is 23.1. The van der Waals surface area contributed by atoms with E-state index >= 15 is 0 Å².